The Morgan fingerprint density at radius 1 is 1.35 bits per heavy atom. The van der Waals surface area contributed by atoms with Crippen LogP contribution in [0.4, 0.5) is 10.1 Å². The number of ketones is 1. The molecule has 2 saturated heterocycles. The molecule has 168 valence electrons. The number of Topliss-reactive ketones (excluding diaryl/α,β-unsaturated/α-hetero) is 1. The summed E-state index contributed by atoms with van der Waals surface area (Å²) in [6, 6.07) is 8.01. The molecule has 1 aromatic carbocycles. The van der Waals surface area contributed by atoms with Crippen LogP contribution in [0, 0.1) is 34.9 Å². The zero-order chi connectivity index (χ0) is 22.0. The standard InChI is InChI=1S/C25H35FN4O/c1-29(2)15-17-4-3-9-30(16-17)22-8-6-19(23(26)13-22)10-18(14-27)11-24(31)25-20-5-7-21(12-20)28-25/h6,8,13,17-18,20-21,25,28H,3-5,7,9-12,15-16H2,1-2H3/t17?,18-,20+,21-,25+/m1/s1. The second-order valence-electron chi connectivity index (χ2n) is 10.1. The van der Waals surface area contributed by atoms with E-state index in [2.05, 4.69) is 35.3 Å². The highest BCUT2D eigenvalue weighted by atomic mass is 19.1. The Bertz CT molecular complexity index is 835. The molecule has 3 aliphatic rings. The summed E-state index contributed by atoms with van der Waals surface area (Å²) >= 11 is 0. The van der Waals surface area contributed by atoms with Crippen LogP contribution in [-0.4, -0.2) is 56.5 Å². The van der Waals surface area contributed by atoms with Gasteiger partial charge < -0.3 is 15.1 Å². The molecule has 3 fully saturated rings. The van der Waals surface area contributed by atoms with Gasteiger partial charge in [-0.2, -0.15) is 5.26 Å². The highest BCUT2D eigenvalue weighted by molar-refractivity contribution is 5.85. The van der Waals surface area contributed by atoms with Crippen LogP contribution in [-0.2, 0) is 11.2 Å². The van der Waals surface area contributed by atoms with Gasteiger partial charge in [0.25, 0.3) is 0 Å². The predicted octanol–water partition coefficient (Wildman–Crippen LogP) is 3.39. The van der Waals surface area contributed by atoms with Gasteiger partial charge in [-0.3, -0.25) is 4.79 Å². The number of hydrogen-bond acceptors (Lipinski definition) is 5. The van der Waals surface area contributed by atoms with Crippen LogP contribution in [0.15, 0.2) is 18.2 Å². The zero-order valence-corrected chi connectivity index (χ0v) is 18.8. The first-order chi connectivity index (χ1) is 14.9. The van der Waals surface area contributed by atoms with Gasteiger partial charge >= 0.3 is 0 Å². The molecule has 0 amide bonds. The molecule has 31 heavy (non-hydrogen) atoms. The first-order valence-corrected chi connectivity index (χ1v) is 11.8. The summed E-state index contributed by atoms with van der Waals surface area (Å²) in [6.07, 6.45) is 6.17. The average Bonchev–Trinajstić information content (AvgIpc) is 3.38. The van der Waals surface area contributed by atoms with Gasteiger partial charge in [0, 0.05) is 37.8 Å². The molecule has 4 rings (SSSR count). The normalized spacial score (nSPS) is 28.7. The van der Waals surface area contributed by atoms with Crippen molar-refractivity contribution in [1.29, 1.82) is 5.26 Å². The minimum Gasteiger partial charge on any atom is -0.371 e. The van der Waals surface area contributed by atoms with E-state index in [-0.39, 0.29) is 24.1 Å². The Labute approximate surface area is 185 Å². The van der Waals surface area contributed by atoms with E-state index in [0.717, 1.165) is 51.0 Å². The van der Waals surface area contributed by atoms with Gasteiger partial charge in [0.1, 0.15) is 5.82 Å². The van der Waals surface area contributed by atoms with Crippen LogP contribution < -0.4 is 10.2 Å². The first-order valence-electron chi connectivity index (χ1n) is 11.8. The van der Waals surface area contributed by atoms with E-state index in [4.69, 9.17) is 0 Å². The van der Waals surface area contributed by atoms with E-state index in [1.807, 2.05) is 12.1 Å². The Kier molecular flexibility index (Phi) is 6.93. The molecule has 0 aromatic heterocycles. The fourth-order valence-corrected chi connectivity index (χ4v) is 5.88. The van der Waals surface area contributed by atoms with Crippen LogP contribution >= 0.6 is 0 Å². The third kappa shape index (κ3) is 5.27. The topological polar surface area (TPSA) is 59.4 Å². The lowest BCUT2D eigenvalue weighted by Crippen LogP contribution is -2.42. The highest BCUT2D eigenvalue weighted by Gasteiger charge is 2.42. The van der Waals surface area contributed by atoms with Crippen molar-refractivity contribution in [2.75, 3.05) is 38.6 Å². The lowest BCUT2D eigenvalue weighted by Gasteiger charge is -2.35. The van der Waals surface area contributed by atoms with Gasteiger partial charge in [0.05, 0.1) is 18.0 Å². The van der Waals surface area contributed by atoms with Crippen molar-refractivity contribution in [3.05, 3.63) is 29.6 Å². The van der Waals surface area contributed by atoms with E-state index in [1.165, 1.54) is 6.42 Å². The maximum Gasteiger partial charge on any atom is 0.151 e. The van der Waals surface area contributed by atoms with Crippen molar-refractivity contribution in [3.8, 4) is 6.07 Å². The minimum absolute atomic E-state index is 0.101. The number of rotatable bonds is 8. The highest BCUT2D eigenvalue weighted by Crippen LogP contribution is 2.36. The third-order valence-electron chi connectivity index (χ3n) is 7.35. The van der Waals surface area contributed by atoms with Gasteiger partial charge in [-0.15, -0.1) is 0 Å². The number of nitrogens with zero attached hydrogens (tertiary/aromatic N) is 3. The smallest absolute Gasteiger partial charge is 0.151 e. The van der Waals surface area contributed by atoms with Crippen molar-refractivity contribution in [1.82, 2.24) is 10.2 Å². The number of carbonyl (C=O) groups excluding carboxylic acids is 1. The van der Waals surface area contributed by atoms with Crippen LogP contribution in [0.2, 0.25) is 0 Å². The zero-order valence-electron chi connectivity index (χ0n) is 18.8. The lowest BCUT2D eigenvalue weighted by atomic mass is 9.88. The molecule has 2 heterocycles. The van der Waals surface area contributed by atoms with Crippen molar-refractivity contribution in [3.63, 3.8) is 0 Å². The number of halogens is 1. The van der Waals surface area contributed by atoms with Crippen molar-refractivity contribution < 1.29 is 9.18 Å². The first kappa shape index (κ1) is 22.2. The molecule has 0 spiro atoms. The molecule has 1 saturated carbocycles. The lowest BCUT2D eigenvalue weighted by molar-refractivity contribution is -0.122. The molecule has 1 aromatic rings. The second kappa shape index (κ2) is 9.67. The van der Waals surface area contributed by atoms with E-state index in [1.54, 1.807) is 6.07 Å². The fraction of sp³-hybridized carbons (Fsp3) is 0.680. The van der Waals surface area contributed by atoms with Gasteiger partial charge in [-0.25, -0.2) is 4.39 Å². The molecule has 6 heteroatoms. The predicted molar refractivity (Wildman–Crippen MR) is 120 cm³/mol. The number of anilines is 1. The molecule has 2 bridgehead atoms. The maximum atomic E-state index is 14.9. The summed E-state index contributed by atoms with van der Waals surface area (Å²) < 4.78 is 14.9. The number of piperidine rings is 2. The van der Waals surface area contributed by atoms with Gasteiger partial charge in [-0.1, -0.05) is 6.07 Å². The number of nitrogens with one attached hydrogen (secondary N) is 1. The quantitative estimate of drug-likeness (QED) is 0.691. The van der Waals surface area contributed by atoms with Crippen LogP contribution in [0.5, 0.6) is 0 Å². The molecule has 2 aliphatic heterocycles. The number of hydrogen-bond donors (Lipinski definition) is 1. The monoisotopic (exact) mass is 426 g/mol. The Morgan fingerprint density at radius 2 is 2.19 bits per heavy atom. The van der Waals surface area contributed by atoms with E-state index in [9.17, 15) is 14.4 Å². The molecular weight excluding hydrogens is 391 g/mol. The van der Waals surface area contributed by atoms with Gasteiger partial charge in [0.15, 0.2) is 5.78 Å². The summed E-state index contributed by atoms with van der Waals surface area (Å²) in [5.74, 6) is 0.399. The number of carbonyl (C=O) groups is 1. The Balaban J connectivity index is 1.36. The summed E-state index contributed by atoms with van der Waals surface area (Å²) in [4.78, 5) is 17.2. The molecular formula is C25H35FN4O. The number of benzene rings is 1. The summed E-state index contributed by atoms with van der Waals surface area (Å²) in [7, 11) is 4.19. The second-order valence-corrected chi connectivity index (χ2v) is 10.1. The Morgan fingerprint density at radius 3 is 2.84 bits per heavy atom. The average molecular weight is 427 g/mol. The number of fused-ring (bicyclic) bond motifs is 2. The van der Waals surface area contributed by atoms with Crippen LogP contribution in [0.3, 0.4) is 0 Å². The molecule has 5 nitrogen and oxygen atoms in total. The summed E-state index contributed by atoms with van der Waals surface area (Å²) in [5, 5.41) is 13.0. The molecule has 1 unspecified atom stereocenters. The van der Waals surface area contributed by atoms with Crippen LogP contribution in [0.25, 0.3) is 0 Å². The third-order valence-corrected chi connectivity index (χ3v) is 7.35. The van der Waals surface area contributed by atoms with Gasteiger partial charge in [0.2, 0.25) is 0 Å². The fourth-order valence-electron chi connectivity index (χ4n) is 5.88. The Hall–Kier alpha value is -1.97. The van der Waals surface area contributed by atoms with Crippen LogP contribution in [0.1, 0.15) is 44.1 Å². The SMILES string of the molecule is CN(C)CC1CCCN(c2ccc(C[C@@H](C#N)CC(=O)[C@H]3N[C@@H]4CC[C@H]3C4)c(F)c2)C1. The van der Waals surface area contributed by atoms with E-state index >= 15 is 0 Å². The van der Waals surface area contributed by atoms with E-state index < -0.39 is 5.92 Å². The maximum absolute atomic E-state index is 14.9. The van der Waals surface area contributed by atoms with Gasteiger partial charge in [-0.05, 0) is 82.2 Å². The summed E-state index contributed by atoms with van der Waals surface area (Å²) in [6.45, 7) is 2.95. The molecule has 1 N–H and O–H groups in total. The van der Waals surface area contributed by atoms with Crippen molar-refractivity contribution in [2.45, 2.75) is 57.0 Å². The summed E-state index contributed by atoms with van der Waals surface area (Å²) in [5.41, 5.74) is 1.45. The molecule has 1 aliphatic carbocycles. The van der Waals surface area contributed by atoms with E-state index in [0.29, 0.717) is 29.9 Å². The number of nitriles is 1. The molecule has 5 atom stereocenters. The van der Waals surface area contributed by atoms with Crippen molar-refractivity contribution in [2.24, 2.45) is 17.8 Å². The largest absolute Gasteiger partial charge is 0.371 e. The van der Waals surface area contributed by atoms with Crippen molar-refractivity contribution >= 4 is 11.5 Å². The minimum atomic E-state index is -0.478. The molecule has 0 radical (unpaired) electrons.